The molecule has 1 aliphatic heterocycles. The van der Waals surface area contributed by atoms with Crippen molar-refractivity contribution in [2.24, 2.45) is 10.4 Å². The number of pyridine rings is 1. The molecule has 0 aliphatic carbocycles. The van der Waals surface area contributed by atoms with E-state index in [4.69, 9.17) is 0 Å². The summed E-state index contributed by atoms with van der Waals surface area (Å²) in [5.74, 6) is 0. The molecule has 0 atom stereocenters. The molecule has 0 aromatic carbocycles. The van der Waals surface area contributed by atoms with Crippen LogP contribution in [-0.4, -0.2) is 10.7 Å². The van der Waals surface area contributed by atoms with Gasteiger partial charge in [-0.15, -0.1) is 0 Å². The molecule has 0 bridgehead atoms. The Balaban J connectivity index is 2.48. The van der Waals surface area contributed by atoms with Crippen LogP contribution in [0.2, 0.25) is 0 Å². The number of aromatic nitrogens is 1. The van der Waals surface area contributed by atoms with E-state index in [0.29, 0.717) is 0 Å². The van der Waals surface area contributed by atoms with Gasteiger partial charge in [-0.1, -0.05) is 20.8 Å². The van der Waals surface area contributed by atoms with E-state index in [2.05, 4.69) is 36.8 Å². The summed E-state index contributed by atoms with van der Waals surface area (Å²) in [5.41, 5.74) is 3.90. The number of fused-ring (bicyclic) bond motifs is 1. The molecule has 0 fully saturated rings. The molecule has 2 nitrogen and oxygen atoms in total. The van der Waals surface area contributed by atoms with Gasteiger partial charge in [0.25, 0.3) is 0 Å². The number of rotatable bonds is 0. The number of aliphatic imine (C=N–C) groups is 1. The van der Waals surface area contributed by atoms with E-state index < -0.39 is 0 Å². The molecule has 0 amide bonds. The lowest BCUT2D eigenvalue weighted by Crippen LogP contribution is -2.19. The molecule has 13 heavy (non-hydrogen) atoms. The zero-order chi connectivity index (χ0) is 9.47. The second-order valence-corrected chi connectivity index (χ2v) is 4.45. The molecule has 0 unspecified atom stereocenters. The van der Waals surface area contributed by atoms with Crippen molar-refractivity contribution < 1.29 is 0 Å². The number of hydrogen-bond donors (Lipinski definition) is 0. The Morgan fingerprint density at radius 2 is 2.08 bits per heavy atom. The maximum absolute atomic E-state index is 4.55. The van der Waals surface area contributed by atoms with Gasteiger partial charge in [0.1, 0.15) is 0 Å². The van der Waals surface area contributed by atoms with Crippen molar-refractivity contribution in [3.63, 3.8) is 0 Å². The van der Waals surface area contributed by atoms with Crippen LogP contribution in [0.5, 0.6) is 0 Å². The van der Waals surface area contributed by atoms with Crippen LogP contribution in [0.15, 0.2) is 23.5 Å². The normalized spacial score (nSPS) is 15.5. The third kappa shape index (κ3) is 1.37. The van der Waals surface area contributed by atoms with Crippen LogP contribution in [0.4, 0.5) is 0 Å². The average Bonchev–Trinajstić information content (AvgIpc) is 2.45. The van der Waals surface area contributed by atoms with Gasteiger partial charge in [0.05, 0.1) is 6.54 Å². The lowest BCUT2D eigenvalue weighted by atomic mass is 9.86. The summed E-state index contributed by atoms with van der Waals surface area (Å²) in [4.78, 5) is 8.65. The van der Waals surface area contributed by atoms with E-state index in [1.54, 1.807) is 0 Å². The predicted molar refractivity (Wildman–Crippen MR) is 53.9 cm³/mol. The molecule has 1 aliphatic rings. The summed E-state index contributed by atoms with van der Waals surface area (Å²) in [7, 11) is 0. The van der Waals surface area contributed by atoms with Gasteiger partial charge in [-0.3, -0.25) is 9.98 Å². The number of hydrogen-bond acceptors (Lipinski definition) is 2. The van der Waals surface area contributed by atoms with Crippen LogP contribution in [0.1, 0.15) is 31.9 Å². The third-order valence-electron chi connectivity index (χ3n) is 2.28. The third-order valence-corrected chi connectivity index (χ3v) is 2.28. The van der Waals surface area contributed by atoms with Gasteiger partial charge in [-0.05, 0) is 6.07 Å². The predicted octanol–water partition coefficient (Wildman–Crippen LogP) is 2.43. The SMILES string of the molecule is CC(C)(C)C1=NCc2cnccc21. The quantitative estimate of drug-likeness (QED) is 0.593. The van der Waals surface area contributed by atoms with Gasteiger partial charge in [0, 0.05) is 34.6 Å². The minimum Gasteiger partial charge on any atom is -0.284 e. The first-order valence-corrected chi connectivity index (χ1v) is 4.57. The highest BCUT2D eigenvalue weighted by atomic mass is 14.8. The molecule has 1 aromatic rings. The Kier molecular flexibility index (Phi) is 1.72. The van der Waals surface area contributed by atoms with Crippen molar-refractivity contribution in [2.45, 2.75) is 27.3 Å². The van der Waals surface area contributed by atoms with Crippen LogP contribution in [0.25, 0.3) is 0 Å². The molecule has 0 saturated carbocycles. The van der Waals surface area contributed by atoms with Gasteiger partial charge in [-0.25, -0.2) is 0 Å². The first-order chi connectivity index (χ1) is 6.09. The van der Waals surface area contributed by atoms with E-state index >= 15 is 0 Å². The highest BCUT2D eigenvalue weighted by molar-refractivity contribution is 6.06. The van der Waals surface area contributed by atoms with Crippen molar-refractivity contribution in [3.8, 4) is 0 Å². The fourth-order valence-electron chi connectivity index (χ4n) is 1.67. The van der Waals surface area contributed by atoms with E-state index in [1.807, 2.05) is 12.4 Å². The molecule has 0 saturated heterocycles. The first kappa shape index (κ1) is 8.42. The summed E-state index contributed by atoms with van der Waals surface area (Å²) < 4.78 is 0. The van der Waals surface area contributed by atoms with Gasteiger partial charge >= 0.3 is 0 Å². The molecule has 0 spiro atoms. The van der Waals surface area contributed by atoms with E-state index in [0.717, 1.165) is 6.54 Å². The minimum atomic E-state index is 0.145. The average molecular weight is 174 g/mol. The standard InChI is InChI=1S/C11H14N2/c1-11(2,3)10-9-4-5-12-6-8(9)7-13-10/h4-6H,7H2,1-3H3. The maximum Gasteiger partial charge on any atom is 0.0665 e. The van der Waals surface area contributed by atoms with E-state index in [1.165, 1.54) is 16.8 Å². The van der Waals surface area contributed by atoms with Crippen molar-refractivity contribution in [3.05, 3.63) is 29.6 Å². The smallest absolute Gasteiger partial charge is 0.0665 e. The molecule has 2 heterocycles. The second-order valence-electron chi connectivity index (χ2n) is 4.45. The largest absolute Gasteiger partial charge is 0.284 e. The summed E-state index contributed by atoms with van der Waals surface area (Å²) in [6.45, 7) is 7.39. The van der Waals surface area contributed by atoms with Crippen LogP contribution < -0.4 is 0 Å². The summed E-state index contributed by atoms with van der Waals surface area (Å²) in [6.07, 6.45) is 3.75. The topological polar surface area (TPSA) is 25.2 Å². The van der Waals surface area contributed by atoms with E-state index in [-0.39, 0.29) is 5.41 Å². The second kappa shape index (κ2) is 2.66. The van der Waals surface area contributed by atoms with Gasteiger partial charge in [0.15, 0.2) is 0 Å². The lowest BCUT2D eigenvalue weighted by Gasteiger charge is -2.19. The highest BCUT2D eigenvalue weighted by Gasteiger charge is 2.25. The molecular formula is C11H14N2. The van der Waals surface area contributed by atoms with Gasteiger partial charge in [0.2, 0.25) is 0 Å². The Bertz CT molecular complexity index is 359. The first-order valence-electron chi connectivity index (χ1n) is 4.57. The fourth-order valence-corrected chi connectivity index (χ4v) is 1.67. The lowest BCUT2D eigenvalue weighted by molar-refractivity contribution is 0.592. The van der Waals surface area contributed by atoms with Crippen molar-refractivity contribution >= 4 is 5.71 Å². The van der Waals surface area contributed by atoms with Crippen LogP contribution >= 0.6 is 0 Å². The molecule has 1 aromatic heterocycles. The van der Waals surface area contributed by atoms with Gasteiger partial charge in [-0.2, -0.15) is 0 Å². The molecule has 2 heteroatoms. The van der Waals surface area contributed by atoms with Crippen LogP contribution in [0, 0.1) is 5.41 Å². The zero-order valence-electron chi connectivity index (χ0n) is 8.33. The molecular weight excluding hydrogens is 160 g/mol. The zero-order valence-corrected chi connectivity index (χ0v) is 8.33. The van der Waals surface area contributed by atoms with Crippen molar-refractivity contribution in [1.82, 2.24) is 4.98 Å². The monoisotopic (exact) mass is 174 g/mol. The summed E-state index contributed by atoms with van der Waals surface area (Å²) >= 11 is 0. The van der Waals surface area contributed by atoms with E-state index in [9.17, 15) is 0 Å². The Morgan fingerprint density at radius 3 is 2.77 bits per heavy atom. The minimum absolute atomic E-state index is 0.145. The molecule has 68 valence electrons. The fraction of sp³-hybridized carbons (Fsp3) is 0.455. The summed E-state index contributed by atoms with van der Waals surface area (Å²) in [6, 6.07) is 2.06. The molecule has 0 N–H and O–H groups in total. The maximum atomic E-state index is 4.55. The molecule has 0 radical (unpaired) electrons. The van der Waals surface area contributed by atoms with Crippen molar-refractivity contribution in [2.75, 3.05) is 0 Å². The Hall–Kier alpha value is -1.18. The van der Waals surface area contributed by atoms with Gasteiger partial charge < -0.3 is 0 Å². The Morgan fingerprint density at radius 1 is 1.31 bits per heavy atom. The summed E-state index contributed by atoms with van der Waals surface area (Å²) in [5, 5.41) is 0. The Labute approximate surface area is 78.7 Å². The van der Waals surface area contributed by atoms with Crippen LogP contribution in [0.3, 0.4) is 0 Å². The van der Waals surface area contributed by atoms with Crippen molar-refractivity contribution in [1.29, 1.82) is 0 Å². The number of nitrogens with zero attached hydrogens (tertiary/aromatic N) is 2. The highest BCUT2D eigenvalue weighted by Crippen LogP contribution is 2.28. The van der Waals surface area contributed by atoms with Crippen LogP contribution in [-0.2, 0) is 6.54 Å². The molecule has 2 rings (SSSR count).